The van der Waals surface area contributed by atoms with Crippen molar-refractivity contribution < 1.29 is 9.53 Å². The van der Waals surface area contributed by atoms with Gasteiger partial charge in [0.05, 0.1) is 24.4 Å². The second-order valence-electron chi connectivity index (χ2n) is 7.33. The van der Waals surface area contributed by atoms with Crippen LogP contribution in [0.2, 0.25) is 0 Å². The maximum absolute atomic E-state index is 12.2. The van der Waals surface area contributed by atoms with Gasteiger partial charge in [-0.05, 0) is 30.0 Å². The summed E-state index contributed by atoms with van der Waals surface area (Å²) in [4.78, 5) is 18.4. The van der Waals surface area contributed by atoms with E-state index in [0.29, 0.717) is 6.42 Å². The van der Waals surface area contributed by atoms with E-state index in [1.807, 2.05) is 19.4 Å². The van der Waals surface area contributed by atoms with Gasteiger partial charge in [0, 0.05) is 43.5 Å². The van der Waals surface area contributed by atoms with E-state index < -0.39 is 0 Å². The fourth-order valence-electron chi connectivity index (χ4n) is 3.76. The molecule has 136 valence electrons. The van der Waals surface area contributed by atoms with E-state index in [1.54, 1.807) is 4.90 Å². The van der Waals surface area contributed by atoms with Crippen LogP contribution in [-0.2, 0) is 22.5 Å². The summed E-state index contributed by atoms with van der Waals surface area (Å²) in [5.74, 6) is 0.172. The van der Waals surface area contributed by atoms with Crippen molar-refractivity contribution in [3.05, 3.63) is 47.8 Å². The van der Waals surface area contributed by atoms with Crippen LogP contribution in [0.1, 0.15) is 30.9 Å². The van der Waals surface area contributed by atoms with Gasteiger partial charge in [-0.15, -0.1) is 0 Å². The number of carbonyl (C=O) groups is 1. The maximum Gasteiger partial charge on any atom is 0.227 e. The highest BCUT2D eigenvalue weighted by Gasteiger charge is 2.35. The minimum atomic E-state index is 0.106. The minimum Gasteiger partial charge on any atom is -0.377 e. The van der Waals surface area contributed by atoms with Gasteiger partial charge in [-0.25, -0.2) is 0 Å². The zero-order chi connectivity index (χ0) is 18.1. The molecule has 3 heterocycles. The predicted octanol–water partition coefficient (Wildman–Crippen LogP) is 2.93. The van der Waals surface area contributed by atoms with Crippen LogP contribution in [0.25, 0.3) is 11.1 Å². The normalized spacial score (nSPS) is 18.4. The number of aromatic nitrogens is 1. The largest absolute Gasteiger partial charge is 0.377 e. The monoisotopic (exact) mass is 351 g/mol. The fraction of sp³-hybridized carbons (Fsp3) is 0.429. The molecule has 0 saturated carbocycles. The van der Waals surface area contributed by atoms with Gasteiger partial charge in [0.2, 0.25) is 5.91 Å². The smallest absolute Gasteiger partial charge is 0.227 e. The highest BCUT2D eigenvalue weighted by atomic mass is 16.5. The zero-order valence-corrected chi connectivity index (χ0v) is 15.4. The molecule has 2 aromatic rings. The molecule has 1 fully saturated rings. The van der Waals surface area contributed by atoms with Crippen molar-refractivity contribution in [1.82, 2.24) is 10.3 Å². The Labute approximate surface area is 154 Å². The number of hydrogen-bond acceptors (Lipinski definition) is 4. The number of para-hydroxylation sites is 1. The van der Waals surface area contributed by atoms with Gasteiger partial charge in [0.1, 0.15) is 0 Å². The third-order valence-electron chi connectivity index (χ3n) is 5.64. The van der Waals surface area contributed by atoms with Gasteiger partial charge in [-0.3, -0.25) is 9.78 Å². The molecule has 26 heavy (non-hydrogen) atoms. The summed E-state index contributed by atoms with van der Waals surface area (Å²) >= 11 is 0. The second-order valence-corrected chi connectivity index (χ2v) is 7.33. The number of hydrogen-bond donors (Lipinski definition) is 1. The molecule has 2 aliphatic heterocycles. The van der Waals surface area contributed by atoms with Crippen LogP contribution < -0.4 is 10.2 Å². The van der Waals surface area contributed by atoms with Crippen molar-refractivity contribution in [3.8, 4) is 11.1 Å². The average Bonchev–Trinajstić information content (AvgIpc) is 2.64. The van der Waals surface area contributed by atoms with E-state index >= 15 is 0 Å². The molecule has 0 atom stereocenters. The summed E-state index contributed by atoms with van der Waals surface area (Å²) in [6.07, 6.45) is 6.23. The lowest BCUT2D eigenvalue weighted by Gasteiger charge is -2.41. The zero-order valence-electron chi connectivity index (χ0n) is 15.4. The topological polar surface area (TPSA) is 54.5 Å². The first-order valence-corrected chi connectivity index (χ1v) is 9.27. The molecule has 0 aliphatic carbocycles. The Balaban J connectivity index is 1.62. The number of ether oxygens (including phenoxy) is 1. The van der Waals surface area contributed by atoms with Crippen molar-refractivity contribution in [2.24, 2.45) is 0 Å². The lowest BCUT2D eigenvalue weighted by molar-refractivity contribution is -0.118. The summed E-state index contributed by atoms with van der Waals surface area (Å²) in [6.45, 7) is 4.50. The molecule has 2 aliphatic rings. The molecule has 1 N–H and O–H groups in total. The summed E-state index contributed by atoms with van der Waals surface area (Å²) in [7, 11) is 1.87. The Hall–Kier alpha value is -2.24. The molecule has 1 saturated heterocycles. The number of benzene rings is 1. The van der Waals surface area contributed by atoms with Gasteiger partial charge in [0.15, 0.2) is 0 Å². The van der Waals surface area contributed by atoms with E-state index in [4.69, 9.17) is 4.74 Å². The number of aryl methyl sites for hydroxylation is 1. The van der Waals surface area contributed by atoms with E-state index in [-0.39, 0.29) is 11.4 Å². The Morgan fingerprint density at radius 2 is 2.12 bits per heavy atom. The second kappa shape index (κ2) is 6.82. The molecule has 1 aromatic carbocycles. The molecule has 0 unspecified atom stereocenters. The van der Waals surface area contributed by atoms with Crippen LogP contribution in [0.4, 0.5) is 5.69 Å². The number of nitrogens with one attached hydrogen (secondary N) is 1. The Morgan fingerprint density at radius 3 is 2.85 bits per heavy atom. The molecule has 4 rings (SSSR count). The summed E-state index contributed by atoms with van der Waals surface area (Å²) in [5, 5.41) is 3.63. The Morgan fingerprint density at radius 1 is 1.27 bits per heavy atom. The highest BCUT2D eigenvalue weighted by molar-refractivity contribution is 6.00. The standard InChI is InChI=1S/C21H25N3O2/c1-3-21(13-26-14-21)23-11-15-9-17(12-22-10-15)18-6-4-5-16-7-8-19(25)24(2)20(16)18/h4-6,9-10,12,23H,3,7-8,11,13-14H2,1-2H3. The number of anilines is 1. The number of rotatable bonds is 5. The molecule has 0 bridgehead atoms. The predicted molar refractivity (Wildman–Crippen MR) is 102 cm³/mol. The molecule has 1 amide bonds. The van der Waals surface area contributed by atoms with Gasteiger partial charge < -0.3 is 15.0 Å². The third-order valence-corrected chi connectivity index (χ3v) is 5.64. The Bertz CT molecular complexity index is 824. The number of pyridine rings is 1. The molecular weight excluding hydrogens is 326 g/mol. The summed E-state index contributed by atoms with van der Waals surface area (Å²) < 4.78 is 5.38. The van der Waals surface area contributed by atoms with Crippen LogP contribution in [0, 0.1) is 0 Å². The molecule has 5 nitrogen and oxygen atoms in total. The van der Waals surface area contributed by atoms with Crippen LogP contribution in [0.3, 0.4) is 0 Å². The van der Waals surface area contributed by atoms with E-state index in [9.17, 15) is 4.79 Å². The average molecular weight is 351 g/mol. The third kappa shape index (κ3) is 3.02. The summed E-state index contributed by atoms with van der Waals surface area (Å²) in [6, 6.07) is 8.43. The molecule has 0 radical (unpaired) electrons. The molecule has 0 spiro atoms. The van der Waals surface area contributed by atoms with Crippen molar-refractivity contribution >= 4 is 11.6 Å². The van der Waals surface area contributed by atoms with Gasteiger partial charge in [-0.2, -0.15) is 0 Å². The SMILES string of the molecule is CCC1(NCc2cncc(-c3cccc4c3N(C)C(=O)CC4)c2)COC1. The van der Waals surface area contributed by atoms with Gasteiger partial charge >= 0.3 is 0 Å². The number of amides is 1. The van der Waals surface area contributed by atoms with Crippen LogP contribution in [0.5, 0.6) is 0 Å². The van der Waals surface area contributed by atoms with Gasteiger partial charge in [-0.1, -0.05) is 25.1 Å². The first kappa shape index (κ1) is 17.2. The van der Waals surface area contributed by atoms with E-state index in [0.717, 1.165) is 55.0 Å². The van der Waals surface area contributed by atoms with Crippen LogP contribution in [0.15, 0.2) is 36.7 Å². The van der Waals surface area contributed by atoms with Crippen molar-refractivity contribution in [2.45, 2.75) is 38.3 Å². The number of carbonyl (C=O) groups excluding carboxylic acids is 1. The number of nitrogens with zero attached hydrogens (tertiary/aromatic N) is 2. The highest BCUT2D eigenvalue weighted by Crippen LogP contribution is 2.37. The lowest BCUT2D eigenvalue weighted by atomic mass is 9.93. The van der Waals surface area contributed by atoms with Crippen LogP contribution in [-0.4, -0.2) is 36.7 Å². The van der Waals surface area contributed by atoms with Crippen molar-refractivity contribution in [1.29, 1.82) is 0 Å². The maximum atomic E-state index is 12.2. The minimum absolute atomic E-state index is 0.106. The van der Waals surface area contributed by atoms with Crippen molar-refractivity contribution in [2.75, 3.05) is 25.2 Å². The molecule has 1 aromatic heterocycles. The van der Waals surface area contributed by atoms with Crippen molar-refractivity contribution in [3.63, 3.8) is 0 Å². The molecular formula is C21H25N3O2. The van der Waals surface area contributed by atoms with Gasteiger partial charge in [0.25, 0.3) is 0 Å². The quantitative estimate of drug-likeness (QED) is 0.900. The summed E-state index contributed by atoms with van der Waals surface area (Å²) in [5.41, 5.74) is 5.62. The first-order chi connectivity index (χ1) is 12.6. The van der Waals surface area contributed by atoms with Crippen LogP contribution >= 0.6 is 0 Å². The Kier molecular flexibility index (Phi) is 4.51. The lowest BCUT2D eigenvalue weighted by Crippen LogP contribution is -2.59. The fourth-order valence-corrected chi connectivity index (χ4v) is 3.76. The number of fused-ring (bicyclic) bond motifs is 1. The first-order valence-electron chi connectivity index (χ1n) is 9.27. The molecule has 5 heteroatoms. The van der Waals surface area contributed by atoms with E-state index in [2.05, 4.69) is 41.5 Å². The van der Waals surface area contributed by atoms with E-state index in [1.165, 1.54) is 5.56 Å².